The van der Waals surface area contributed by atoms with Crippen molar-refractivity contribution in [2.45, 2.75) is 39.3 Å². The van der Waals surface area contributed by atoms with Crippen molar-refractivity contribution >= 4 is 11.6 Å². The van der Waals surface area contributed by atoms with Gasteiger partial charge in [0, 0.05) is 23.7 Å². The molecule has 3 nitrogen and oxygen atoms in total. The standard InChI is InChI=1S/C20H26ClNO2/c1-16-6-5-7-17(12-16)15-24-20-9-8-19(21)13-18(20)14-22-10-3-2-4-11-23/h5-9,12-13,22-23H,2-4,10-11,14-15H2,1H3. The number of halogens is 1. The van der Waals surface area contributed by atoms with Gasteiger partial charge in [-0.25, -0.2) is 0 Å². The minimum Gasteiger partial charge on any atom is -0.489 e. The van der Waals surface area contributed by atoms with Gasteiger partial charge in [0.1, 0.15) is 12.4 Å². The molecule has 0 bridgehead atoms. The molecule has 0 unspecified atom stereocenters. The number of hydrogen-bond donors (Lipinski definition) is 2. The molecule has 0 aliphatic rings. The third-order valence-corrected chi connectivity index (χ3v) is 4.06. The summed E-state index contributed by atoms with van der Waals surface area (Å²) in [4.78, 5) is 0. The van der Waals surface area contributed by atoms with Crippen LogP contribution in [0.25, 0.3) is 0 Å². The Bertz CT molecular complexity index is 631. The molecule has 0 atom stereocenters. The molecular formula is C20H26ClNO2. The highest BCUT2D eigenvalue weighted by molar-refractivity contribution is 6.30. The Balaban J connectivity index is 1.89. The molecule has 4 heteroatoms. The van der Waals surface area contributed by atoms with E-state index in [0.717, 1.165) is 54.3 Å². The second kappa shape index (κ2) is 10.3. The van der Waals surface area contributed by atoms with Crippen LogP contribution in [0.1, 0.15) is 36.0 Å². The first kappa shape index (κ1) is 18.8. The molecule has 0 spiro atoms. The molecule has 2 N–H and O–H groups in total. The van der Waals surface area contributed by atoms with E-state index in [1.165, 1.54) is 5.56 Å². The first-order valence-electron chi connectivity index (χ1n) is 8.47. The highest BCUT2D eigenvalue weighted by Gasteiger charge is 2.05. The predicted octanol–water partition coefficient (Wildman–Crippen LogP) is 4.48. The smallest absolute Gasteiger partial charge is 0.124 e. The SMILES string of the molecule is Cc1cccc(COc2ccc(Cl)cc2CNCCCCCO)c1. The Hall–Kier alpha value is -1.55. The fraction of sp³-hybridized carbons (Fsp3) is 0.400. The summed E-state index contributed by atoms with van der Waals surface area (Å²) >= 11 is 6.12. The van der Waals surface area contributed by atoms with E-state index in [9.17, 15) is 0 Å². The zero-order valence-corrected chi connectivity index (χ0v) is 15.0. The summed E-state index contributed by atoms with van der Waals surface area (Å²) in [7, 11) is 0. The molecule has 0 aliphatic carbocycles. The van der Waals surface area contributed by atoms with Crippen LogP contribution in [-0.2, 0) is 13.2 Å². The first-order chi connectivity index (χ1) is 11.7. The summed E-state index contributed by atoms with van der Waals surface area (Å²) in [6.45, 7) is 4.54. The van der Waals surface area contributed by atoms with Gasteiger partial charge in [-0.2, -0.15) is 0 Å². The number of benzene rings is 2. The van der Waals surface area contributed by atoms with E-state index >= 15 is 0 Å². The van der Waals surface area contributed by atoms with Crippen molar-refractivity contribution in [3.05, 3.63) is 64.2 Å². The van der Waals surface area contributed by atoms with Crippen LogP contribution in [0, 0.1) is 6.92 Å². The van der Waals surface area contributed by atoms with E-state index in [2.05, 4.69) is 30.4 Å². The molecular weight excluding hydrogens is 322 g/mol. The van der Waals surface area contributed by atoms with Crippen LogP contribution < -0.4 is 10.1 Å². The van der Waals surface area contributed by atoms with Gasteiger partial charge in [0.25, 0.3) is 0 Å². The second-order valence-electron chi connectivity index (χ2n) is 5.99. The van der Waals surface area contributed by atoms with E-state index in [1.807, 2.05) is 24.3 Å². The lowest BCUT2D eigenvalue weighted by Crippen LogP contribution is -2.15. The molecule has 24 heavy (non-hydrogen) atoms. The molecule has 0 saturated carbocycles. The lowest BCUT2D eigenvalue weighted by Gasteiger charge is -2.13. The molecule has 2 aromatic carbocycles. The third-order valence-electron chi connectivity index (χ3n) is 3.83. The van der Waals surface area contributed by atoms with Crippen LogP contribution in [0.5, 0.6) is 5.75 Å². The van der Waals surface area contributed by atoms with Crippen molar-refractivity contribution < 1.29 is 9.84 Å². The van der Waals surface area contributed by atoms with Gasteiger partial charge in [-0.15, -0.1) is 0 Å². The first-order valence-corrected chi connectivity index (χ1v) is 8.85. The molecule has 130 valence electrons. The van der Waals surface area contributed by atoms with Gasteiger partial charge in [0.2, 0.25) is 0 Å². The molecule has 0 fully saturated rings. The number of aryl methyl sites for hydroxylation is 1. The Morgan fingerprint density at radius 1 is 1.08 bits per heavy atom. The van der Waals surface area contributed by atoms with Crippen LogP contribution in [-0.4, -0.2) is 18.3 Å². The molecule has 0 aliphatic heterocycles. The van der Waals surface area contributed by atoms with Crippen LogP contribution in [0.4, 0.5) is 0 Å². The van der Waals surface area contributed by atoms with Crippen molar-refractivity contribution in [3.8, 4) is 5.75 Å². The Labute approximate surface area is 149 Å². The maximum Gasteiger partial charge on any atom is 0.124 e. The summed E-state index contributed by atoms with van der Waals surface area (Å²) in [5.74, 6) is 0.865. The zero-order valence-electron chi connectivity index (χ0n) is 14.2. The fourth-order valence-corrected chi connectivity index (χ4v) is 2.75. The summed E-state index contributed by atoms with van der Waals surface area (Å²) in [5, 5.41) is 12.9. The van der Waals surface area contributed by atoms with Gasteiger partial charge in [-0.1, -0.05) is 41.4 Å². The summed E-state index contributed by atoms with van der Waals surface area (Å²) < 4.78 is 6.00. The van der Waals surface area contributed by atoms with E-state index < -0.39 is 0 Å². The largest absolute Gasteiger partial charge is 0.489 e. The van der Waals surface area contributed by atoms with Gasteiger partial charge in [0.15, 0.2) is 0 Å². The minimum absolute atomic E-state index is 0.269. The average Bonchev–Trinajstić information content (AvgIpc) is 2.57. The summed E-state index contributed by atoms with van der Waals surface area (Å²) in [5.41, 5.74) is 3.46. The number of unbranched alkanes of at least 4 members (excludes halogenated alkanes) is 2. The lowest BCUT2D eigenvalue weighted by molar-refractivity contribution is 0.282. The van der Waals surface area contributed by atoms with Crippen LogP contribution in [0.15, 0.2) is 42.5 Å². The topological polar surface area (TPSA) is 41.5 Å². The average molecular weight is 348 g/mol. The second-order valence-corrected chi connectivity index (χ2v) is 6.43. The monoisotopic (exact) mass is 347 g/mol. The fourth-order valence-electron chi connectivity index (χ4n) is 2.55. The maximum absolute atomic E-state index is 8.79. The third kappa shape index (κ3) is 6.52. The zero-order chi connectivity index (χ0) is 17.2. The van der Waals surface area contributed by atoms with Gasteiger partial charge >= 0.3 is 0 Å². The van der Waals surface area contributed by atoms with Crippen LogP contribution in [0.3, 0.4) is 0 Å². The number of aliphatic hydroxyl groups excluding tert-OH is 1. The Morgan fingerprint density at radius 2 is 1.96 bits per heavy atom. The number of nitrogens with one attached hydrogen (secondary N) is 1. The van der Waals surface area contributed by atoms with Gasteiger partial charge in [0.05, 0.1) is 0 Å². The highest BCUT2D eigenvalue weighted by Crippen LogP contribution is 2.24. The van der Waals surface area contributed by atoms with Crippen molar-refractivity contribution in [1.82, 2.24) is 5.32 Å². The van der Waals surface area contributed by atoms with Crippen molar-refractivity contribution in [2.24, 2.45) is 0 Å². The number of hydrogen-bond acceptors (Lipinski definition) is 3. The summed E-state index contributed by atoms with van der Waals surface area (Å²) in [6.07, 6.45) is 2.96. The lowest BCUT2D eigenvalue weighted by atomic mass is 10.1. The van der Waals surface area contributed by atoms with Crippen molar-refractivity contribution in [3.63, 3.8) is 0 Å². The van der Waals surface area contributed by atoms with Gasteiger partial charge < -0.3 is 15.2 Å². The Morgan fingerprint density at radius 3 is 2.75 bits per heavy atom. The number of aliphatic hydroxyl groups is 1. The van der Waals surface area contributed by atoms with Gasteiger partial charge in [-0.3, -0.25) is 0 Å². The van der Waals surface area contributed by atoms with Gasteiger partial charge in [-0.05, 0) is 56.5 Å². The number of rotatable bonds is 10. The molecule has 0 saturated heterocycles. The van der Waals surface area contributed by atoms with E-state index in [0.29, 0.717) is 6.61 Å². The molecule has 2 rings (SSSR count). The summed E-state index contributed by atoms with van der Waals surface area (Å²) in [6, 6.07) is 14.1. The van der Waals surface area contributed by atoms with Crippen molar-refractivity contribution in [1.29, 1.82) is 0 Å². The quantitative estimate of drug-likeness (QED) is 0.623. The van der Waals surface area contributed by atoms with E-state index in [4.69, 9.17) is 21.4 Å². The molecule has 0 amide bonds. The van der Waals surface area contributed by atoms with Crippen LogP contribution >= 0.6 is 11.6 Å². The molecule has 0 aromatic heterocycles. The van der Waals surface area contributed by atoms with Crippen molar-refractivity contribution in [2.75, 3.05) is 13.2 Å². The normalized spacial score (nSPS) is 10.8. The van der Waals surface area contributed by atoms with E-state index in [-0.39, 0.29) is 6.61 Å². The Kier molecular flexibility index (Phi) is 8.10. The van der Waals surface area contributed by atoms with Crippen LogP contribution in [0.2, 0.25) is 5.02 Å². The van der Waals surface area contributed by atoms with E-state index in [1.54, 1.807) is 0 Å². The molecule has 2 aromatic rings. The molecule has 0 heterocycles. The predicted molar refractivity (Wildman–Crippen MR) is 99.6 cm³/mol. The maximum atomic E-state index is 8.79. The molecule has 0 radical (unpaired) electrons. The number of ether oxygens (including phenoxy) is 1. The minimum atomic E-state index is 0.269. The highest BCUT2D eigenvalue weighted by atomic mass is 35.5.